The number of halogens is 1. The Morgan fingerprint density at radius 3 is 2.49 bits per heavy atom. The maximum atomic E-state index is 13.3. The predicted molar refractivity (Wildman–Crippen MR) is 221 cm³/mol. The molecule has 0 spiro atoms. The van der Waals surface area contributed by atoms with Crippen molar-refractivity contribution >= 4 is 40.2 Å². The summed E-state index contributed by atoms with van der Waals surface area (Å²) >= 11 is 6.60. The molecule has 1 aromatic heterocycles. The number of unbranched alkanes of at least 4 members (excludes halogenated alkanes) is 1. The van der Waals surface area contributed by atoms with Crippen molar-refractivity contribution in [2.24, 2.45) is 0 Å². The fourth-order valence-electron chi connectivity index (χ4n) is 7.85. The monoisotopic (exact) mass is 793 g/mol. The Kier molecular flexibility index (Phi) is 12.4. The van der Waals surface area contributed by atoms with Gasteiger partial charge < -0.3 is 40.2 Å². The van der Waals surface area contributed by atoms with E-state index in [1.54, 1.807) is 24.3 Å². The molecule has 4 aromatic carbocycles. The van der Waals surface area contributed by atoms with Crippen LogP contribution in [0.2, 0.25) is 5.02 Å². The zero-order valence-corrected chi connectivity index (χ0v) is 32.7. The number of phenols is 1. The number of nitrogens with one attached hydrogen (secondary N) is 4. The SMILES string of the molecule is COc1cc(C(=O)NCCCCc2ccc(-c3ccccc3)c(NC(=O)OC34CCN(CC3)CC4)c2)c(Cl)cc1CNC[C@H](O)c1ccc(O)c2[nH]c(=O)ccc12. The van der Waals surface area contributed by atoms with Gasteiger partial charge in [0.2, 0.25) is 5.56 Å². The molecular weight excluding hydrogens is 746 g/mol. The average molecular weight is 794 g/mol. The Balaban J connectivity index is 0.914. The molecule has 3 aliphatic heterocycles. The number of aryl methyl sites for hydroxylation is 1. The molecule has 0 unspecified atom stereocenters. The number of hydrogen-bond acceptors (Lipinski definition) is 9. The zero-order valence-electron chi connectivity index (χ0n) is 31.9. The molecule has 5 aromatic rings. The van der Waals surface area contributed by atoms with Crippen LogP contribution < -0.4 is 26.2 Å². The van der Waals surface area contributed by atoms with Gasteiger partial charge in [0.1, 0.15) is 17.1 Å². The average Bonchev–Trinajstić information content (AvgIpc) is 3.22. The van der Waals surface area contributed by atoms with E-state index in [9.17, 15) is 24.6 Å². The number of rotatable bonds is 15. The van der Waals surface area contributed by atoms with Crippen molar-refractivity contribution in [2.45, 2.75) is 56.8 Å². The number of anilines is 1. The van der Waals surface area contributed by atoms with Gasteiger partial charge in [-0.1, -0.05) is 60.1 Å². The van der Waals surface area contributed by atoms with E-state index in [1.165, 1.54) is 19.2 Å². The minimum absolute atomic E-state index is 0.0811. The summed E-state index contributed by atoms with van der Waals surface area (Å²) in [5, 5.41) is 31.2. The van der Waals surface area contributed by atoms with E-state index < -0.39 is 12.2 Å². The van der Waals surface area contributed by atoms with Gasteiger partial charge in [-0.05, 0) is 66.3 Å². The number of fused-ring (bicyclic) bond motifs is 4. The number of carbonyl (C=O) groups is 2. The van der Waals surface area contributed by atoms with Crippen molar-refractivity contribution in [1.82, 2.24) is 20.5 Å². The van der Waals surface area contributed by atoms with Crippen LogP contribution >= 0.6 is 11.6 Å². The zero-order chi connectivity index (χ0) is 39.9. The van der Waals surface area contributed by atoms with Gasteiger partial charge in [-0.15, -0.1) is 0 Å². The van der Waals surface area contributed by atoms with E-state index in [-0.39, 0.29) is 39.9 Å². The lowest BCUT2D eigenvalue weighted by Crippen LogP contribution is -2.54. The Morgan fingerprint density at radius 2 is 1.74 bits per heavy atom. The minimum Gasteiger partial charge on any atom is -0.506 e. The molecule has 3 saturated heterocycles. The second-order valence-corrected chi connectivity index (χ2v) is 15.2. The number of hydrogen-bond donors (Lipinski definition) is 6. The number of pyridine rings is 1. The van der Waals surface area contributed by atoms with Gasteiger partial charge in [-0.2, -0.15) is 0 Å². The molecule has 298 valence electrons. The number of H-pyrrole nitrogens is 1. The predicted octanol–water partition coefficient (Wildman–Crippen LogP) is 6.93. The molecule has 2 bridgehead atoms. The van der Waals surface area contributed by atoms with Crippen molar-refractivity contribution in [3.63, 3.8) is 0 Å². The highest BCUT2D eigenvalue weighted by Gasteiger charge is 2.42. The van der Waals surface area contributed by atoms with Crippen LogP contribution in [-0.2, 0) is 17.7 Å². The fraction of sp³-hybridized carbons (Fsp3) is 0.341. The Bertz CT molecular complexity index is 2280. The summed E-state index contributed by atoms with van der Waals surface area (Å²) in [6.07, 6.45) is 3.52. The Hall–Kier alpha value is -5.40. The molecule has 2 amide bonds. The van der Waals surface area contributed by atoms with E-state index >= 15 is 0 Å². The molecule has 12 nitrogen and oxygen atoms in total. The van der Waals surface area contributed by atoms with Crippen LogP contribution in [0.3, 0.4) is 0 Å². The number of carbonyl (C=O) groups excluding carboxylic acids is 2. The molecule has 57 heavy (non-hydrogen) atoms. The number of aliphatic hydroxyl groups is 1. The third-order valence-electron chi connectivity index (χ3n) is 11.1. The highest BCUT2D eigenvalue weighted by Crippen LogP contribution is 2.37. The molecule has 8 rings (SSSR count). The second kappa shape index (κ2) is 17.8. The lowest BCUT2D eigenvalue weighted by Gasteiger charge is -2.47. The first-order chi connectivity index (χ1) is 27.6. The van der Waals surface area contributed by atoms with Crippen LogP contribution in [0.25, 0.3) is 22.0 Å². The maximum absolute atomic E-state index is 13.3. The number of ether oxygens (including phenoxy) is 2. The lowest BCUT2D eigenvalue weighted by atomic mass is 9.83. The van der Waals surface area contributed by atoms with Crippen LogP contribution in [0.4, 0.5) is 10.5 Å². The van der Waals surface area contributed by atoms with E-state index in [2.05, 4.69) is 31.9 Å². The fourth-order valence-corrected chi connectivity index (χ4v) is 8.12. The van der Waals surface area contributed by atoms with Crippen molar-refractivity contribution in [1.29, 1.82) is 0 Å². The highest BCUT2D eigenvalue weighted by molar-refractivity contribution is 6.34. The number of methoxy groups -OCH3 is 1. The summed E-state index contributed by atoms with van der Waals surface area (Å²) in [6.45, 7) is 3.78. The Labute approximate surface area is 336 Å². The molecule has 3 fully saturated rings. The lowest BCUT2D eigenvalue weighted by molar-refractivity contribution is -0.0742. The number of aliphatic hydroxyl groups excluding tert-OH is 1. The number of aromatic hydroxyl groups is 1. The minimum atomic E-state index is -0.943. The van der Waals surface area contributed by atoms with Gasteiger partial charge in [0.15, 0.2) is 0 Å². The smallest absolute Gasteiger partial charge is 0.412 e. The number of amides is 2. The normalized spacial score (nSPS) is 17.9. The maximum Gasteiger partial charge on any atom is 0.412 e. The van der Waals surface area contributed by atoms with Gasteiger partial charge >= 0.3 is 6.09 Å². The van der Waals surface area contributed by atoms with Crippen LogP contribution in [-0.4, -0.2) is 77.5 Å². The van der Waals surface area contributed by atoms with Gasteiger partial charge in [0, 0.05) is 81.1 Å². The molecule has 0 saturated carbocycles. The van der Waals surface area contributed by atoms with Crippen LogP contribution in [0.5, 0.6) is 11.5 Å². The first-order valence-electron chi connectivity index (χ1n) is 19.4. The molecule has 0 aliphatic carbocycles. The third-order valence-corrected chi connectivity index (χ3v) is 11.4. The number of piperidine rings is 3. The number of benzene rings is 4. The van der Waals surface area contributed by atoms with Crippen molar-refractivity contribution in [2.75, 3.05) is 45.2 Å². The summed E-state index contributed by atoms with van der Waals surface area (Å²) in [5.74, 6) is 0.0726. The molecule has 4 heterocycles. The van der Waals surface area contributed by atoms with Crippen molar-refractivity contribution in [3.05, 3.63) is 123 Å². The first-order valence-corrected chi connectivity index (χ1v) is 19.8. The van der Waals surface area contributed by atoms with Gasteiger partial charge in [0.25, 0.3) is 5.91 Å². The van der Waals surface area contributed by atoms with Crippen LogP contribution in [0, 0.1) is 0 Å². The molecular formula is C44H48ClN5O7. The number of aromatic amines is 1. The molecule has 0 radical (unpaired) electrons. The second-order valence-electron chi connectivity index (χ2n) is 14.8. The standard InChI is InChI=1S/C44H48ClN5O7/c1-56-39-25-34(35(45)24-30(39)26-46-27-38(52)32-12-14-37(51)41-33(32)13-15-40(53)49-41)42(54)47-19-6-5-7-28-10-11-31(29-8-3-2-4-9-29)36(23-28)48-43(55)57-44-16-20-50(21-17-44)22-18-44/h2-4,8-15,23-25,38,46,51-52H,5-7,16-22,26-27H2,1H3,(H,47,54)(H,48,55)(H,49,53)/t38-/m0/s1. The largest absolute Gasteiger partial charge is 0.506 e. The van der Waals surface area contributed by atoms with E-state index in [0.29, 0.717) is 46.6 Å². The number of nitrogens with zero attached hydrogens (tertiary/aromatic N) is 1. The van der Waals surface area contributed by atoms with Crippen molar-refractivity contribution < 1.29 is 29.3 Å². The van der Waals surface area contributed by atoms with E-state index in [1.807, 2.05) is 42.5 Å². The molecule has 6 N–H and O–H groups in total. The van der Waals surface area contributed by atoms with Gasteiger partial charge in [-0.25, -0.2) is 4.79 Å². The molecule has 1 atom stereocenters. The number of aromatic nitrogens is 1. The molecule has 13 heteroatoms. The highest BCUT2D eigenvalue weighted by atomic mass is 35.5. The molecule has 3 aliphatic rings. The summed E-state index contributed by atoms with van der Waals surface area (Å²) in [7, 11) is 1.52. The van der Waals surface area contributed by atoms with Crippen LogP contribution in [0.1, 0.15) is 65.3 Å². The summed E-state index contributed by atoms with van der Waals surface area (Å²) < 4.78 is 11.7. The third kappa shape index (κ3) is 9.43. The summed E-state index contributed by atoms with van der Waals surface area (Å²) in [5.41, 5.74) is 4.77. The van der Waals surface area contributed by atoms with Crippen molar-refractivity contribution in [3.8, 4) is 22.6 Å². The summed E-state index contributed by atoms with van der Waals surface area (Å²) in [4.78, 5) is 43.2. The Morgan fingerprint density at radius 1 is 0.965 bits per heavy atom. The van der Waals surface area contributed by atoms with E-state index in [4.69, 9.17) is 21.1 Å². The van der Waals surface area contributed by atoms with Gasteiger partial charge in [-0.3, -0.25) is 14.9 Å². The summed E-state index contributed by atoms with van der Waals surface area (Å²) in [6, 6.07) is 25.4. The quantitative estimate of drug-likeness (QED) is 0.0617. The topological polar surface area (TPSA) is 165 Å². The number of phenolic OH excluding ortho intramolecular Hbond substituents is 1. The van der Waals surface area contributed by atoms with Crippen LogP contribution in [0.15, 0.2) is 89.7 Å². The first kappa shape index (κ1) is 39.8. The van der Waals surface area contributed by atoms with E-state index in [0.717, 1.165) is 74.8 Å². The van der Waals surface area contributed by atoms with Gasteiger partial charge in [0.05, 0.1) is 35.0 Å².